The quantitative estimate of drug-likeness (QED) is 0.0199. The minimum Gasteiger partial charge on any atom is -0.394 e. The first-order valence-electron chi connectivity index (χ1n) is 38.8. The molecule has 0 aromatic carbocycles. The molecule has 19 N–H and O–H groups in total. The molecule has 0 aliphatic carbocycles. The van der Waals surface area contributed by atoms with Crippen molar-refractivity contribution in [1.82, 2.24) is 58.2 Å². The van der Waals surface area contributed by atoms with Crippen LogP contribution in [0.2, 0.25) is 0 Å². The Kier molecular flexibility index (Phi) is 48.0. The van der Waals surface area contributed by atoms with Crippen molar-refractivity contribution in [2.75, 3.05) is 119 Å². The number of hydrogen-bond acceptors (Lipinski definition) is 32. The number of hydrogen-bond donors (Lipinski definition) is 19. The minimum atomic E-state index is -1.56. The molecule has 0 spiro atoms. The Morgan fingerprint density at radius 2 is 0.640 bits per heavy atom. The third-order valence-corrected chi connectivity index (χ3v) is 18.2. The van der Waals surface area contributed by atoms with Gasteiger partial charge in [-0.3, -0.25) is 57.5 Å². The summed E-state index contributed by atoms with van der Waals surface area (Å²) in [5, 5.41) is 118. The van der Waals surface area contributed by atoms with Crippen molar-refractivity contribution >= 4 is 76.9 Å². The molecular formula is C71H121N11O32. The standard InChI is InChI=1S/C71H121N11O32/c1-43(86)78-59-65(102)62(99)46(37-83)111-68(59)108-31-9-6-15-49(89)72-25-12-28-75-52(92)22-34-105-40-71(81-55(95)18-4-5-19-58(98)114-82-56(96)20-21-57(82)97,41-106-35-23-53(93)76-29-13-26-73-50(90)16-7-10-32-109-69-60(79-44(2)87)66(103)63(100)47(38-84)112-69)42-107-36-24-54(94)77-30-14-27-74-51(91)17-8-11-33-110-70-61(80-45(3)88)67(104)64(101)48(39-85)113-70/h46-48,59-70,83-85,99-104H,4-42H2,1-3H3,(H,72,89)(H,73,90)(H,74,91)(H,75,92)(H,76,93)(H,77,94)(H,78,86)(H,79,87)(H,80,88)(H,81,95). The van der Waals surface area contributed by atoms with Crippen LogP contribution in [0, 0.1) is 0 Å². The summed E-state index contributed by atoms with van der Waals surface area (Å²) in [5.74, 6) is -6.44. The molecular weight excluding hydrogens is 1520 g/mol. The van der Waals surface area contributed by atoms with E-state index in [1.54, 1.807) is 0 Å². The van der Waals surface area contributed by atoms with Gasteiger partial charge < -0.3 is 147 Å². The summed E-state index contributed by atoms with van der Waals surface area (Å²) in [4.78, 5) is 168. The zero-order chi connectivity index (χ0) is 84.0. The van der Waals surface area contributed by atoms with Crippen LogP contribution in [-0.2, 0) is 110 Å². The predicted octanol–water partition coefficient (Wildman–Crippen LogP) is -7.51. The molecule has 114 heavy (non-hydrogen) atoms. The minimum absolute atomic E-state index is 0.0571. The highest BCUT2D eigenvalue weighted by Gasteiger charge is 2.48. The number of nitrogens with one attached hydrogen (secondary N) is 10. The smallest absolute Gasteiger partial charge is 0.333 e. The third-order valence-electron chi connectivity index (χ3n) is 18.2. The highest BCUT2D eigenvalue weighted by molar-refractivity contribution is 6.01. The Bertz CT molecular complexity index is 2720. The lowest BCUT2D eigenvalue weighted by atomic mass is 9.97. The normalized spacial score (nSPS) is 24.6. The van der Waals surface area contributed by atoms with Crippen LogP contribution in [-0.4, -0.2) is 344 Å². The Morgan fingerprint density at radius 1 is 0.368 bits per heavy atom. The van der Waals surface area contributed by atoms with Crippen molar-refractivity contribution < 1.29 is 156 Å². The molecule has 4 aliphatic heterocycles. The highest BCUT2D eigenvalue weighted by Crippen LogP contribution is 2.26. The van der Waals surface area contributed by atoms with Gasteiger partial charge in [-0.1, -0.05) is 0 Å². The van der Waals surface area contributed by atoms with Gasteiger partial charge in [0.2, 0.25) is 59.1 Å². The van der Waals surface area contributed by atoms with Crippen molar-refractivity contribution in [3.63, 3.8) is 0 Å². The molecule has 12 amide bonds. The summed E-state index contributed by atoms with van der Waals surface area (Å²) < 4.78 is 51.8. The van der Waals surface area contributed by atoms with Gasteiger partial charge in [0.1, 0.15) is 78.6 Å². The van der Waals surface area contributed by atoms with Crippen molar-refractivity contribution in [1.29, 1.82) is 0 Å². The number of hydroxylamine groups is 2. The van der Waals surface area contributed by atoms with E-state index in [2.05, 4.69) is 53.2 Å². The second-order valence-corrected chi connectivity index (χ2v) is 27.9. The number of imide groups is 1. The van der Waals surface area contributed by atoms with Crippen molar-refractivity contribution in [3.05, 3.63) is 0 Å². The number of unbranched alkanes of at least 4 members (excludes halogenated alkanes) is 4. The Morgan fingerprint density at radius 3 is 0.930 bits per heavy atom. The van der Waals surface area contributed by atoms with Gasteiger partial charge in [-0.25, -0.2) is 4.79 Å². The summed E-state index contributed by atoms with van der Waals surface area (Å²) >= 11 is 0. The first-order chi connectivity index (χ1) is 54.5. The van der Waals surface area contributed by atoms with E-state index >= 15 is 0 Å². The fourth-order valence-electron chi connectivity index (χ4n) is 12.0. The van der Waals surface area contributed by atoms with E-state index in [0.717, 1.165) is 0 Å². The number of carbonyl (C=O) groups is 13. The van der Waals surface area contributed by atoms with E-state index in [1.807, 2.05) is 0 Å². The number of ether oxygens (including phenoxy) is 9. The Hall–Kier alpha value is -7.41. The maximum absolute atomic E-state index is 13.9. The second-order valence-electron chi connectivity index (χ2n) is 27.9. The van der Waals surface area contributed by atoms with Crippen LogP contribution in [0.25, 0.3) is 0 Å². The SMILES string of the molecule is CC(=O)NC1C(OCCCCC(=O)NCCCNC(=O)CCOCC(COCCC(=O)NCCCNC(=O)CCCCOC2OC(CO)C(O)C(O)C2NC(C)=O)(COCCC(=O)NCCCNC(=O)CCCCOC2OC(CO)C(O)C(O)C2NC(C)=O)NC(=O)CCCCC(=O)ON2C(=O)CCC2=O)OC(CO)C(O)C1O. The summed E-state index contributed by atoms with van der Waals surface area (Å²) in [7, 11) is 0. The van der Waals surface area contributed by atoms with Crippen LogP contribution in [0.1, 0.15) is 156 Å². The number of aliphatic hydroxyl groups excluding tert-OH is 9. The van der Waals surface area contributed by atoms with Crippen LogP contribution >= 0.6 is 0 Å². The van der Waals surface area contributed by atoms with Crippen molar-refractivity contribution in [2.45, 2.75) is 253 Å². The molecule has 4 fully saturated rings. The molecule has 4 heterocycles. The van der Waals surface area contributed by atoms with E-state index in [-0.39, 0.29) is 194 Å². The van der Waals surface area contributed by atoms with Gasteiger partial charge in [-0.2, -0.15) is 0 Å². The largest absolute Gasteiger partial charge is 0.394 e. The fourth-order valence-corrected chi connectivity index (χ4v) is 12.0. The van der Waals surface area contributed by atoms with E-state index in [0.29, 0.717) is 62.9 Å². The van der Waals surface area contributed by atoms with E-state index in [4.69, 9.17) is 47.5 Å². The molecule has 15 atom stereocenters. The van der Waals surface area contributed by atoms with Crippen LogP contribution in [0.15, 0.2) is 0 Å². The Labute approximate surface area is 660 Å². The summed E-state index contributed by atoms with van der Waals surface area (Å²) in [6.07, 6.45) is -13.2. The number of aliphatic hydroxyl groups is 9. The van der Waals surface area contributed by atoms with Gasteiger partial charge in [0.15, 0.2) is 18.9 Å². The molecule has 652 valence electrons. The third kappa shape index (κ3) is 38.1. The van der Waals surface area contributed by atoms with E-state index in [1.165, 1.54) is 20.8 Å². The second kappa shape index (κ2) is 55.2. The van der Waals surface area contributed by atoms with E-state index in [9.17, 15) is 108 Å². The maximum Gasteiger partial charge on any atom is 0.333 e. The maximum atomic E-state index is 13.9. The predicted molar refractivity (Wildman–Crippen MR) is 390 cm³/mol. The van der Waals surface area contributed by atoms with Gasteiger partial charge in [-0.15, -0.1) is 5.06 Å². The monoisotopic (exact) mass is 1640 g/mol. The van der Waals surface area contributed by atoms with Crippen molar-refractivity contribution in [2.24, 2.45) is 0 Å². The summed E-state index contributed by atoms with van der Waals surface area (Å²) in [5.41, 5.74) is -1.56. The highest BCUT2D eigenvalue weighted by atomic mass is 16.7. The first kappa shape index (κ1) is 99.0. The molecule has 43 heteroatoms. The van der Waals surface area contributed by atoms with Crippen LogP contribution < -0.4 is 53.2 Å². The van der Waals surface area contributed by atoms with Gasteiger partial charge in [0.05, 0.1) is 59.5 Å². The van der Waals surface area contributed by atoms with Gasteiger partial charge in [-0.05, 0) is 70.6 Å². The number of carbonyl (C=O) groups excluding carboxylic acids is 13. The number of amides is 12. The van der Waals surface area contributed by atoms with Crippen molar-refractivity contribution in [3.8, 4) is 0 Å². The zero-order valence-corrected chi connectivity index (χ0v) is 65.1. The van der Waals surface area contributed by atoms with Crippen LogP contribution in [0.5, 0.6) is 0 Å². The van der Waals surface area contributed by atoms with Gasteiger partial charge >= 0.3 is 5.97 Å². The van der Waals surface area contributed by atoms with Crippen LogP contribution in [0.3, 0.4) is 0 Å². The average Bonchev–Trinajstić information content (AvgIpc) is 1.16. The molecule has 0 radical (unpaired) electrons. The molecule has 0 aromatic heterocycles. The van der Waals surface area contributed by atoms with E-state index < -0.39 is 176 Å². The fraction of sp³-hybridized carbons (Fsp3) is 0.817. The number of nitrogens with zero attached hydrogens (tertiary/aromatic N) is 1. The Balaban J connectivity index is 1.29. The van der Waals surface area contributed by atoms with Gasteiger partial charge in [0, 0.05) is 144 Å². The topological polar surface area (TPSA) is 620 Å². The summed E-state index contributed by atoms with van der Waals surface area (Å²) in [6, 6.07) is -3.33. The summed E-state index contributed by atoms with van der Waals surface area (Å²) in [6.45, 7) is 1.43. The lowest BCUT2D eigenvalue weighted by Gasteiger charge is -2.42. The van der Waals surface area contributed by atoms with Gasteiger partial charge in [0.25, 0.3) is 11.8 Å². The lowest BCUT2D eigenvalue weighted by Crippen LogP contribution is -2.64. The molecule has 15 unspecified atom stereocenters. The first-order valence-corrected chi connectivity index (χ1v) is 38.8. The molecule has 4 aliphatic rings. The molecule has 0 bridgehead atoms. The average molecular weight is 1640 g/mol. The molecule has 43 nitrogen and oxygen atoms in total. The lowest BCUT2D eigenvalue weighted by molar-refractivity contribution is -0.270. The van der Waals surface area contributed by atoms with Crippen LogP contribution in [0.4, 0.5) is 0 Å². The molecule has 4 rings (SSSR count). The molecule has 0 aromatic rings. The molecule has 4 saturated heterocycles. The zero-order valence-electron chi connectivity index (χ0n) is 65.1. The number of rotatable bonds is 58. The molecule has 0 saturated carbocycles.